The second kappa shape index (κ2) is 10.6. The molecule has 0 aliphatic carbocycles. The zero-order valence-electron chi connectivity index (χ0n) is 16.7. The fourth-order valence-electron chi connectivity index (χ4n) is 2.91. The molecule has 0 amide bonds. The number of carbonyl (C=O) groups excluding carboxylic acids is 3. The van der Waals surface area contributed by atoms with Gasteiger partial charge in [-0.15, -0.1) is 0 Å². The summed E-state index contributed by atoms with van der Waals surface area (Å²) in [6, 6.07) is 11.0. The molecule has 31 heavy (non-hydrogen) atoms. The summed E-state index contributed by atoms with van der Waals surface area (Å²) in [6.45, 7) is 1.80. The van der Waals surface area contributed by atoms with Crippen LogP contribution in [0.2, 0.25) is 0 Å². The smallest absolute Gasteiger partial charge is 0.416 e. The third kappa shape index (κ3) is 6.84. The monoisotopic (exact) mass is 436 g/mol. The van der Waals surface area contributed by atoms with Crippen molar-refractivity contribution in [3.8, 4) is 0 Å². The number of ketones is 1. The average molecular weight is 436 g/mol. The van der Waals surface area contributed by atoms with Crippen LogP contribution in [0.1, 0.15) is 34.8 Å². The van der Waals surface area contributed by atoms with Crippen molar-refractivity contribution in [3.63, 3.8) is 0 Å². The van der Waals surface area contributed by atoms with Gasteiger partial charge in [-0.1, -0.05) is 30.3 Å². The van der Waals surface area contributed by atoms with Gasteiger partial charge in [-0.3, -0.25) is 9.59 Å². The van der Waals surface area contributed by atoms with E-state index < -0.39 is 35.4 Å². The second-order valence-corrected chi connectivity index (χ2v) is 6.68. The maximum atomic E-state index is 12.8. The Kier molecular flexibility index (Phi) is 8.18. The first-order valence-electron chi connectivity index (χ1n) is 9.55. The number of hydrogen-bond acceptors (Lipinski definition) is 6. The van der Waals surface area contributed by atoms with E-state index in [1.807, 2.05) is 0 Å². The van der Waals surface area contributed by atoms with Crippen LogP contribution in [0.5, 0.6) is 0 Å². The number of hydrogen-bond donors (Lipinski definition) is 1. The minimum atomic E-state index is -4.39. The van der Waals surface area contributed by atoms with Crippen LogP contribution < -0.4 is 10.4 Å². The molecule has 1 atom stereocenters. The van der Waals surface area contributed by atoms with Crippen LogP contribution in [0, 0.1) is 5.92 Å². The molecular formula is C22H21F3NO5-. The topological polar surface area (TPSA) is 95.5 Å². The van der Waals surface area contributed by atoms with E-state index in [-0.39, 0.29) is 12.2 Å². The molecule has 0 aromatic heterocycles. The Morgan fingerprint density at radius 2 is 1.81 bits per heavy atom. The molecule has 0 saturated heterocycles. The maximum absolute atomic E-state index is 12.8. The van der Waals surface area contributed by atoms with Crippen molar-refractivity contribution in [3.05, 3.63) is 65.2 Å². The summed E-state index contributed by atoms with van der Waals surface area (Å²) in [5.41, 5.74) is 0.334. The predicted octanol–water partition coefficient (Wildman–Crippen LogP) is 2.86. The highest BCUT2D eigenvalue weighted by Crippen LogP contribution is 2.29. The van der Waals surface area contributed by atoms with E-state index >= 15 is 0 Å². The molecule has 2 rings (SSSR count). The highest BCUT2D eigenvalue weighted by Gasteiger charge is 2.31. The number of carboxylic acids is 1. The Balaban J connectivity index is 1.97. The van der Waals surface area contributed by atoms with E-state index in [1.165, 1.54) is 31.2 Å². The predicted molar refractivity (Wildman–Crippen MR) is 104 cm³/mol. The molecule has 0 spiro atoms. The van der Waals surface area contributed by atoms with Gasteiger partial charge >= 0.3 is 12.1 Å². The van der Waals surface area contributed by atoms with Gasteiger partial charge in [0, 0.05) is 17.8 Å². The molecule has 166 valence electrons. The molecule has 0 heterocycles. The summed E-state index contributed by atoms with van der Waals surface area (Å²) in [5.74, 6) is -6.04. The van der Waals surface area contributed by atoms with Gasteiger partial charge in [0.1, 0.15) is 0 Å². The van der Waals surface area contributed by atoms with Gasteiger partial charge in [-0.2, -0.15) is 13.2 Å². The second-order valence-electron chi connectivity index (χ2n) is 6.68. The number of alkyl halides is 3. The zero-order valence-corrected chi connectivity index (χ0v) is 16.7. The van der Waals surface area contributed by atoms with E-state index in [9.17, 15) is 32.7 Å². The van der Waals surface area contributed by atoms with Crippen LogP contribution >= 0.6 is 0 Å². The molecule has 1 N–H and O–H groups in total. The molecule has 2 aromatic rings. The minimum Gasteiger partial charge on any atom is -0.549 e. The average Bonchev–Trinajstić information content (AvgIpc) is 2.71. The standard InChI is InChI=1S/C22H22F3NO5/c1-2-31-21(30)18(20(28)29)19(27)15-8-4-10-17(13-15)26-11-5-7-14-6-3-9-16(12-14)22(23,24)25/h3-4,6,8-10,12-13,18,26H,2,5,7,11H2,1H3,(H,28,29)/p-1. The van der Waals surface area contributed by atoms with Crippen molar-refractivity contribution < 1.29 is 37.4 Å². The normalized spacial score (nSPS) is 12.1. The first kappa shape index (κ1) is 23.9. The molecule has 0 aliphatic heterocycles. The van der Waals surface area contributed by atoms with Gasteiger partial charge in [-0.25, -0.2) is 0 Å². The molecule has 9 heteroatoms. The number of aryl methyl sites for hydroxylation is 1. The van der Waals surface area contributed by atoms with E-state index in [1.54, 1.807) is 12.1 Å². The number of Topliss-reactive ketones (excluding diaryl/α,β-unsaturated/α-hetero) is 1. The zero-order chi connectivity index (χ0) is 23.0. The first-order chi connectivity index (χ1) is 14.6. The number of carbonyl (C=O) groups is 3. The molecule has 0 fully saturated rings. The number of esters is 1. The van der Waals surface area contributed by atoms with Gasteiger partial charge < -0.3 is 20.0 Å². The fourth-order valence-corrected chi connectivity index (χ4v) is 2.91. The van der Waals surface area contributed by atoms with E-state index in [2.05, 4.69) is 10.1 Å². The summed E-state index contributed by atoms with van der Waals surface area (Å²) in [6.07, 6.45) is -3.47. The van der Waals surface area contributed by atoms with Crippen molar-refractivity contribution in [2.45, 2.75) is 25.9 Å². The molecule has 2 aromatic carbocycles. The molecule has 6 nitrogen and oxygen atoms in total. The number of rotatable bonds is 10. The summed E-state index contributed by atoms with van der Waals surface area (Å²) in [5, 5.41) is 14.3. The van der Waals surface area contributed by atoms with Crippen molar-refractivity contribution in [2.24, 2.45) is 5.92 Å². The number of nitrogens with one attached hydrogen (secondary N) is 1. The molecular weight excluding hydrogens is 415 g/mol. The Labute approximate surface area is 177 Å². The molecule has 0 radical (unpaired) electrons. The number of carboxylic acid groups (broad SMARTS) is 1. The third-order valence-electron chi connectivity index (χ3n) is 4.39. The van der Waals surface area contributed by atoms with E-state index in [0.717, 1.165) is 12.1 Å². The minimum absolute atomic E-state index is 0.00914. The summed E-state index contributed by atoms with van der Waals surface area (Å²) in [7, 11) is 0. The number of anilines is 1. The van der Waals surface area contributed by atoms with Gasteiger partial charge in [-0.05, 0) is 43.5 Å². The van der Waals surface area contributed by atoms with Crippen LogP contribution in [0.15, 0.2) is 48.5 Å². The van der Waals surface area contributed by atoms with Crippen LogP contribution in [0.25, 0.3) is 0 Å². The van der Waals surface area contributed by atoms with Crippen molar-refractivity contribution in [2.75, 3.05) is 18.5 Å². The highest BCUT2D eigenvalue weighted by atomic mass is 19.4. The van der Waals surface area contributed by atoms with Gasteiger partial charge in [0.2, 0.25) is 0 Å². The highest BCUT2D eigenvalue weighted by molar-refractivity contribution is 6.20. The van der Waals surface area contributed by atoms with Gasteiger partial charge in [0.25, 0.3) is 0 Å². The van der Waals surface area contributed by atoms with E-state index in [0.29, 0.717) is 30.6 Å². The molecule has 0 aliphatic rings. The molecule has 1 unspecified atom stereocenters. The number of benzene rings is 2. The lowest BCUT2D eigenvalue weighted by atomic mass is 9.97. The van der Waals surface area contributed by atoms with Gasteiger partial charge in [0.05, 0.1) is 18.1 Å². The van der Waals surface area contributed by atoms with Crippen LogP contribution in [0.4, 0.5) is 18.9 Å². The van der Waals surface area contributed by atoms with Crippen molar-refractivity contribution in [1.29, 1.82) is 0 Å². The summed E-state index contributed by atoms with van der Waals surface area (Å²) >= 11 is 0. The summed E-state index contributed by atoms with van der Waals surface area (Å²) < 4.78 is 42.9. The van der Waals surface area contributed by atoms with Gasteiger partial charge in [0.15, 0.2) is 11.7 Å². The van der Waals surface area contributed by atoms with Crippen molar-refractivity contribution >= 4 is 23.4 Å². The van der Waals surface area contributed by atoms with Crippen molar-refractivity contribution in [1.82, 2.24) is 0 Å². The number of aliphatic carboxylic acids is 1. The Morgan fingerprint density at radius 3 is 2.45 bits per heavy atom. The van der Waals surface area contributed by atoms with Crippen LogP contribution in [-0.4, -0.2) is 30.9 Å². The molecule has 0 saturated carbocycles. The van der Waals surface area contributed by atoms with E-state index in [4.69, 9.17) is 0 Å². The fraction of sp³-hybridized carbons (Fsp3) is 0.318. The number of halogens is 3. The molecule has 0 bridgehead atoms. The Bertz CT molecular complexity index is 943. The SMILES string of the molecule is CCOC(=O)C(C(=O)[O-])C(=O)c1cccc(NCCCc2cccc(C(F)(F)F)c2)c1. The quantitative estimate of drug-likeness (QED) is 0.266. The summed E-state index contributed by atoms with van der Waals surface area (Å²) in [4.78, 5) is 35.4. The third-order valence-corrected chi connectivity index (χ3v) is 4.39. The maximum Gasteiger partial charge on any atom is 0.416 e. The van der Waals surface area contributed by atoms with Crippen LogP contribution in [-0.2, 0) is 26.9 Å². The Hall–Kier alpha value is -3.36. The Morgan fingerprint density at radius 1 is 1.10 bits per heavy atom. The lowest BCUT2D eigenvalue weighted by molar-refractivity contribution is -0.308. The lowest BCUT2D eigenvalue weighted by Gasteiger charge is -2.16. The first-order valence-corrected chi connectivity index (χ1v) is 9.55. The number of ether oxygens (including phenoxy) is 1. The van der Waals surface area contributed by atoms with Crippen LogP contribution in [0.3, 0.4) is 0 Å². The largest absolute Gasteiger partial charge is 0.549 e. The lowest BCUT2D eigenvalue weighted by Crippen LogP contribution is -2.42.